The topological polar surface area (TPSA) is 23.6 Å². The van der Waals surface area contributed by atoms with Gasteiger partial charge >= 0.3 is 0 Å². The van der Waals surface area contributed by atoms with Crippen LogP contribution >= 0.6 is 11.8 Å². The van der Waals surface area contributed by atoms with Gasteiger partial charge in [-0.1, -0.05) is 11.8 Å². The first-order valence-electron chi connectivity index (χ1n) is 5.44. The zero-order chi connectivity index (χ0) is 12.6. The van der Waals surface area contributed by atoms with Crippen molar-refractivity contribution in [1.29, 1.82) is 0 Å². The van der Waals surface area contributed by atoms with Crippen LogP contribution in [0.15, 0.2) is 34.2 Å². The van der Waals surface area contributed by atoms with Gasteiger partial charge in [0.15, 0.2) is 5.78 Å². The van der Waals surface area contributed by atoms with Crippen molar-refractivity contribution in [3.05, 3.63) is 29.3 Å². The lowest BCUT2D eigenvalue weighted by molar-refractivity contribution is -0.112. The molecule has 0 N–H and O–H groups in total. The van der Waals surface area contributed by atoms with Crippen LogP contribution in [0.5, 0.6) is 0 Å². The number of thioether (sulfide) groups is 1. The summed E-state index contributed by atoms with van der Waals surface area (Å²) in [5.74, 6) is 0.0833. The Labute approximate surface area is 106 Å². The SMILES string of the molecule is CC(=O)/C=C1\Sc2ccc(N(C)C)cc2N1C. The number of rotatable bonds is 2. The van der Waals surface area contributed by atoms with E-state index in [9.17, 15) is 4.79 Å². The highest BCUT2D eigenvalue weighted by molar-refractivity contribution is 8.03. The molecule has 0 amide bonds. The molecular weight excluding hydrogens is 232 g/mol. The van der Waals surface area contributed by atoms with Gasteiger partial charge in [0.05, 0.1) is 10.7 Å². The maximum atomic E-state index is 11.1. The number of benzene rings is 1. The number of ketones is 1. The van der Waals surface area contributed by atoms with Crippen molar-refractivity contribution in [3.8, 4) is 0 Å². The summed E-state index contributed by atoms with van der Waals surface area (Å²) in [4.78, 5) is 16.5. The number of anilines is 2. The summed E-state index contributed by atoms with van der Waals surface area (Å²) in [6.45, 7) is 1.58. The number of nitrogens with zero attached hydrogens (tertiary/aromatic N) is 2. The van der Waals surface area contributed by atoms with Gasteiger partial charge in [-0.25, -0.2) is 0 Å². The van der Waals surface area contributed by atoms with Crippen LogP contribution < -0.4 is 9.80 Å². The Kier molecular flexibility index (Phi) is 3.15. The van der Waals surface area contributed by atoms with Gasteiger partial charge in [-0.15, -0.1) is 0 Å². The number of carbonyl (C=O) groups excluding carboxylic acids is 1. The summed E-state index contributed by atoms with van der Waals surface area (Å²) >= 11 is 1.64. The molecule has 0 saturated carbocycles. The van der Waals surface area contributed by atoms with Crippen LogP contribution in [0.1, 0.15) is 6.92 Å². The minimum Gasteiger partial charge on any atom is -0.378 e. The summed E-state index contributed by atoms with van der Waals surface area (Å²) in [6, 6.07) is 6.34. The summed E-state index contributed by atoms with van der Waals surface area (Å²) in [7, 11) is 6.04. The molecule has 0 fully saturated rings. The van der Waals surface area contributed by atoms with Crippen LogP contribution in [0.4, 0.5) is 11.4 Å². The van der Waals surface area contributed by atoms with Crippen molar-refractivity contribution in [1.82, 2.24) is 0 Å². The third kappa shape index (κ3) is 2.31. The van der Waals surface area contributed by atoms with E-state index in [0.29, 0.717) is 0 Å². The Bertz CT molecular complexity index is 494. The molecule has 0 atom stereocenters. The molecular formula is C13H16N2OS. The number of carbonyl (C=O) groups is 1. The minimum absolute atomic E-state index is 0.0833. The fourth-order valence-electron chi connectivity index (χ4n) is 1.73. The summed E-state index contributed by atoms with van der Waals surface area (Å²) in [5.41, 5.74) is 2.33. The van der Waals surface area contributed by atoms with E-state index in [-0.39, 0.29) is 5.78 Å². The van der Waals surface area contributed by atoms with Crippen molar-refractivity contribution < 1.29 is 4.79 Å². The molecule has 0 spiro atoms. The molecule has 1 aliphatic rings. The molecule has 0 bridgehead atoms. The van der Waals surface area contributed by atoms with E-state index >= 15 is 0 Å². The molecule has 0 unspecified atom stereocenters. The lowest BCUT2D eigenvalue weighted by atomic mass is 10.2. The molecule has 4 heteroatoms. The lowest BCUT2D eigenvalue weighted by Gasteiger charge is -2.17. The summed E-state index contributed by atoms with van der Waals surface area (Å²) in [6.07, 6.45) is 1.68. The van der Waals surface area contributed by atoms with Crippen LogP contribution in [-0.2, 0) is 4.79 Å². The lowest BCUT2D eigenvalue weighted by Crippen LogP contribution is -2.12. The second kappa shape index (κ2) is 4.45. The third-order valence-corrected chi connectivity index (χ3v) is 3.86. The zero-order valence-electron chi connectivity index (χ0n) is 10.5. The molecule has 1 aliphatic heterocycles. The third-order valence-electron chi connectivity index (χ3n) is 2.69. The number of fused-ring (bicyclic) bond motifs is 1. The average Bonchev–Trinajstić information content (AvgIpc) is 2.55. The number of hydrogen-bond acceptors (Lipinski definition) is 4. The van der Waals surface area contributed by atoms with E-state index in [1.54, 1.807) is 24.8 Å². The largest absolute Gasteiger partial charge is 0.378 e. The first-order chi connectivity index (χ1) is 7.99. The second-order valence-corrected chi connectivity index (χ2v) is 5.36. The molecule has 17 heavy (non-hydrogen) atoms. The van der Waals surface area contributed by atoms with E-state index in [0.717, 1.165) is 10.7 Å². The smallest absolute Gasteiger partial charge is 0.155 e. The van der Waals surface area contributed by atoms with Gasteiger partial charge < -0.3 is 9.80 Å². The summed E-state index contributed by atoms with van der Waals surface area (Å²) < 4.78 is 0. The summed E-state index contributed by atoms with van der Waals surface area (Å²) in [5, 5.41) is 0.989. The Balaban J connectivity index is 2.39. The average molecular weight is 248 g/mol. The fraction of sp³-hybridized carbons (Fsp3) is 0.308. The van der Waals surface area contributed by atoms with Gasteiger partial charge in [0.1, 0.15) is 0 Å². The Morgan fingerprint density at radius 1 is 1.41 bits per heavy atom. The maximum absolute atomic E-state index is 11.1. The van der Waals surface area contributed by atoms with Crippen molar-refractivity contribution in [2.24, 2.45) is 0 Å². The minimum atomic E-state index is 0.0833. The Hall–Kier alpha value is -1.42. The highest BCUT2D eigenvalue weighted by Crippen LogP contribution is 2.46. The van der Waals surface area contributed by atoms with Crippen LogP contribution in [-0.4, -0.2) is 26.9 Å². The second-order valence-electron chi connectivity index (χ2n) is 4.30. The molecule has 0 radical (unpaired) electrons. The number of allylic oxidation sites excluding steroid dienone is 1. The molecule has 1 aromatic rings. The number of hydrogen-bond donors (Lipinski definition) is 0. The van der Waals surface area contributed by atoms with Crippen LogP contribution in [0, 0.1) is 0 Å². The maximum Gasteiger partial charge on any atom is 0.155 e. The van der Waals surface area contributed by atoms with Crippen molar-refractivity contribution in [2.45, 2.75) is 11.8 Å². The molecule has 2 rings (SSSR count). The van der Waals surface area contributed by atoms with Gasteiger partial charge in [0.25, 0.3) is 0 Å². The van der Waals surface area contributed by atoms with Gasteiger partial charge in [-0.3, -0.25) is 4.79 Å². The normalized spacial score (nSPS) is 16.2. The molecule has 1 aromatic carbocycles. The molecule has 3 nitrogen and oxygen atoms in total. The first kappa shape index (κ1) is 12.0. The van der Waals surface area contributed by atoms with Crippen LogP contribution in [0.25, 0.3) is 0 Å². The molecule has 0 aliphatic carbocycles. The van der Waals surface area contributed by atoms with Gasteiger partial charge in [-0.05, 0) is 25.1 Å². The quantitative estimate of drug-likeness (QED) is 0.751. The van der Waals surface area contributed by atoms with Gasteiger partial charge in [-0.2, -0.15) is 0 Å². The van der Waals surface area contributed by atoms with E-state index in [2.05, 4.69) is 28.0 Å². The highest BCUT2D eigenvalue weighted by atomic mass is 32.2. The first-order valence-corrected chi connectivity index (χ1v) is 6.26. The van der Waals surface area contributed by atoms with Crippen LogP contribution in [0.2, 0.25) is 0 Å². The zero-order valence-corrected chi connectivity index (χ0v) is 11.3. The van der Waals surface area contributed by atoms with E-state index < -0.39 is 0 Å². The van der Waals surface area contributed by atoms with Crippen LogP contribution in [0.3, 0.4) is 0 Å². The Morgan fingerprint density at radius 3 is 2.71 bits per heavy atom. The monoisotopic (exact) mass is 248 g/mol. The van der Waals surface area contributed by atoms with E-state index in [1.165, 1.54) is 10.6 Å². The predicted molar refractivity (Wildman–Crippen MR) is 73.8 cm³/mol. The molecule has 90 valence electrons. The molecule has 1 heterocycles. The Morgan fingerprint density at radius 2 is 2.12 bits per heavy atom. The van der Waals surface area contributed by atoms with Gasteiger partial charge in [0.2, 0.25) is 0 Å². The fourth-order valence-corrected chi connectivity index (χ4v) is 2.85. The predicted octanol–water partition coefficient (Wildman–Crippen LogP) is 2.72. The standard InChI is InChI=1S/C13H16N2OS/c1-9(16)7-13-15(4)11-8-10(14(2)3)5-6-12(11)17-13/h5-8H,1-4H3/b13-7-. The molecule has 0 saturated heterocycles. The van der Waals surface area contributed by atoms with Crippen molar-refractivity contribution in [2.75, 3.05) is 30.9 Å². The van der Waals surface area contributed by atoms with Crippen molar-refractivity contribution in [3.63, 3.8) is 0 Å². The van der Waals surface area contributed by atoms with Crippen molar-refractivity contribution >= 4 is 28.9 Å². The van der Waals surface area contributed by atoms with E-state index in [4.69, 9.17) is 0 Å². The molecule has 0 aromatic heterocycles. The van der Waals surface area contributed by atoms with E-state index in [1.807, 2.05) is 21.1 Å². The highest BCUT2D eigenvalue weighted by Gasteiger charge is 2.22. The van der Waals surface area contributed by atoms with Gasteiger partial charge in [0, 0.05) is 37.8 Å².